The molecule has 0 fully saturated rings. The van der Waals surface area contributed by atoms with Gasteiger partial charge in [0.2, 0.25) is 0 Å². The van der Waals surface area contributed by atoms with Gasteiger partial charge in [0.05, 0.1) is 12.3 Å². The lowest BCUT2D eigenvalue weighted by atomic mass is 10.2. The molecule has 5 heteroatoms. The van der Waals surface area contributed by atoms with Crippen LogP contribution in [0.4, 0.5) is 11.4 Å². The van der Waals surface area contributed by atoms with Gasteiger partial charge in [0, 0.05) is 49.7 Å². The summed E-state index contributed by atoms with van der Waals surface area (Å²) in [7, 11) is 1.92. The Balaban J connectivity index is 1.91. The number of rotatable bonds is 6. The second-order valence-electron chi connectivity index (χ2n) is 4.38. The van der Waals surface area contributed by atoms with E-state index in [0.717, 1.165) is 30.1 Å². The van der Waals surface area contributed by atoms with Gasteiger partial charge in [0.15, 0.2) is 0 Å². The SMILES string of the molecule is CCOc1cc(N)cc(NCCc2ccn(C)n2)c1. The summed E-state index contributed by atoms with van der Waals surface area (Å²) >= 11 is 0. The first kappa shape index (κ1) is 13.3. The molecule has 3 N–H and O–H groups in total. The molecule has 1 aromatic carbocycles. The van der Waals surface area contributed by atoms with E-state index in [9.17, 15) is 0 Å². The van der Waals surface area contributed by atoms with Gasteiger partial charge in [-0.25, -0.2) is 0 Å². The summed E-state index contributed by atoms with van der Waals surface area (Å²) < 4.78 is 7.27. The van der Waals surface area contributed by atoms with Crippen molar-refractivity contribution in [2.45, 2.75) is 13.3 Å². The Kier molecular flexibility index (Phi) is 4.28. The molecule has 0 aliphatic rings. The average Bonchev–Trinajstić information content (AvgIpc) is 2.75. The third-order valence-electron chi connectivity index (χ3n) is 2.72. The molecule has 0 saturated heterocycles. The summed E-state index contributed by atoms with van der Waals surface area (Å²) in [5.41, 5.74) is 8.59. The van der Waals surface area contributed by atoms with Gasteiger partial charge < -0.3 is 15.8 Å². The molecular formula is C14H20N4O. The van der Waals surface area contributed by atoms with Gasteiger partial charge in [0.25, 0.3) is 0 Å². The minimum atomic E-state index is 0.636. The molecule has 19 heavy (non-hydrogen) atoms. The quantitative estimate of drug-likeness (QED) is 0.780. The molecule has 1 aromatic heterocycles. The van der Waals surface area contributed by atoms with Crippen LogP contribution in [0.5, 0.6) is 5.75 Å². The summed E-state index contributed by atoms with van der Waals surface area (Å²) in [4.78, 5) is 0. The van der Waals surface area contributed by atoms with Crippen LogP contribution in [0.25, 0.3) is 0 Å². The molecule has 0 amide bonds. The summed E-state index contributed by atoms with van der Waals surface area (Å²) in [6.45, 7) is 3.40. The average molecular weight is 260 g/mol. The highest BCUT2D eigenvalue weighted by Crippen LogP contribution is 2.22. The van der Waals surface area contributed by atoms with Crippen molar-refractivity contribution in [3.05, 3.63) is 36.2 Å². The van der Waals surface area contributed by atoms with Crippen LogP contribution in [0, 0.1) is 0 Å². The van der Waals surface area contributed by atoms with Crippen molar-refractivity contribution in [1.82, 2.24) is 9.78 Å². The van der Waals surface area contributed by atoms with Crippen LogP contribution in [-0.4, -0.2) is 22.9 Å². The maximum atomic E-state index is 5.84. The third kappa shape index (κ3) is 3.91. The minimum absolute atomic E-state index is 0.636. The number of ether oxygens (including phenoxy) is 1. The molecule has 5 nitrogen and oxygen atoms in total. The van der Waals surface area contributed by atoms with Gasteiger partial charge in [-0.05, 0) is 19.1 Å². The van der Waals surface area contributed by atoms with Crippen molar-refractivity contribution in [3.8, 4) is 5.75 Å². The fourth-order valence-corrected chi connectivity index (χ4v) is 1.91. The second-order valence-corrected chi connectivity index (χ2v) is 4.38. The Morgan fingerprint density at radius 2 is 2.21 bits per heavy atom. The zero-order chi connectivity index (χ0) is 13.7. The van der Waals surface area contributed by atoms with Crippen LogP contribution in [-0.2, 0) is 13.5 Å². The molecular weight excluding hydrogens is 240 g/mol. The predicted octanol–water partition coefficient (Wildman–Crippen LogP) is 2.06. The van der Waals surface area contributed by atoms with Crippen LogP contribution in [0.2, 0.25) is 0 Å². The monoisotopic (exact) mass is 260 g/mol. The Morgan fingerprint density at radius 1 is 1.37 bits per heavy atom. The molecule has 0 unspecified atom stereocenters. The number of aryl methyl sites for hydroxylation is 1. The van der Waals surface area contributed by atoms with Gasteiger partial charge in [0.1, 0.15) is 5.75 Å². The van der Waals surface area contributed by atoms with Crippen LogP contribution in [0.3, 0.4) is 0 Å². The van der Waals surface area contributed by atoms with Gasteiger partial charge in [-0.1, -0.05) is 0 Å². The molecule has 2 aromatic rings. The number of nitrogen functional groups attached to an aromatic ring is 1. The highest BCUT2D eigenvalue weighted by atomic mass is 16.5. The van der Waals surface area contributed by atoms with Crippen molar-refractivity contribution in [1.29, 1.82) is 0 Å². The van der Waals surface area contributed by atoms with Gasteiger partial charge in [-0.2, -0.15) is 5.10 Å². The number of hydrogen-bond donors (Lipinski definition) is 2. The van der Waals surface area contributed by atoms with Gasteiger partial charge in [-0.3, -0.25) is 4.68 Å². The van der Waals surface area contributed by atoms with Crippen molar-refractivity contribution >= 4 is 11.4 Å². The Morgan fingerprint density at radius 3 is 2.89 bits per heavy atom. The molecule has 0 saturated carbocycles. The second kappa shape index (κ2) is 6.13. The minimum Gasteiger partial charge on any atom is -0.494 e. The van der Waals surface area contributed by atoms with Gasteiger partial charge >= 0.3 is 0 Å². The normalized spacial score (nSPS) is 10.4. The van der Waals surface area contributed by atoms with Crippen molar-refractivity contribution in [2.75, 3.05) is 24.2 Å². The molecule has 0 aliphatic heterocycles. The highest BCUT2D eigenvalue weighted by Gasteiger charge is 2.01. The van der Waals surface area contributed by atoms with E-state index in [1.165, 1.54) is 0 Å². The molecule has 0 bridgehead atoms. The maximum absolute atomic E-state index is 5.84. The fourth-order valence-electron chi connectivity index (χ4n) is 1.91. The van der Waals surface area contributed by atoms with E-state index < -0.39 is 0 Å². The standard InChI is InChI=1S/C14H20N4O/c1-3-19-14-9-11(15)8-13(10-14)16-6-4-12-5-7-18(2)17-12/h5,7-10,16H,3-4,6,15H2,1-2H3. The van der Waals surface area contributed by atoms with E-state index in [4.69, 9.17) is 10.5 Å². The van der Waals surface area contributed by atoms with E-state index in [2.05, 4.69) is 10.4 Å². The first-order valence-electron chi connectivity index (χ1n) is 6.43. The Hall–Kier alpha value is -2.17. The van der Waals surface area contributed by atoms with E-state index in [-0.39, 0.29) is 0 Å². The smallest absolute Gasteiger partial charge is 0.123 e. The predicted molar refractivity (Wildman–Crippen MR) is 77.4 cm³/mol. The maximum Gasteiger partial charge on any atom is 0.123 e. The number of nitrogens with two attached hydrogens (primary N) is 1. The van der Waals surface area contributed by atoms with E-state index in [1.54, 1.807) is 0 Å². The molecule has 102 valence electrons. The third-order valence-corrected chi connectivity index (χ3v) is 2.72. The summed E-state index contributed by atoms with van der Waals surface area (Å²) in [5.74, 6) is 0.794. The van der Waals surface area contributed by atoms with E-state index in [0.29, 0.717) is 12.3 Å². The summed E-state index contributed by atoms with van der Waals surface area (Å²) in [6.07, 6.45) is 2.82. The van der Waals surface area contributed by atoms with Crippen molar-refractivity contribution in [3.63, 3.8) is 0 Å². The number of hydrogen-bond acceptors (Lipinski definition) is 4. The van der Waals surface area contributed by atoms with E-state index >= 15 is 0 Å². The van der Waals surface area contributed by atoms with Crippen LogP contribution in [0.1, 0.15) is 12.6 Å². The number of nitrogens with one attached hydrogen (secondary N) is 1. The molecule has 1 heterocycles. The van der Waals surface area contributed by atoms with Crippen molar-refractivity contribution in [2.24, 2.45) is 7.05 Å². The Labute approximate surface area is 113 Å². The van der Waals surface area contributed by atoms with Gasteiger partial charge in [-0.15, -0.1) is 0 Å². The molecule has 2 rings (SSSR count). The van der Waals surface area contributed by atoms with Crippen molar-refractivity contribution < 1.29 is 4.74 Å². The first-order chi connectivity index (χ1) is 9.17. The molecule has 0 aliphatic carbocycles. The Bertz CT molecular complexity index is 536. The lowest BCUT2D eigenvalue weighted by Gasteiger charge is -2.10. The summed E-state index contributed by atoms with van der Waals surface area (Å²) in [5, 5.41) is 7.67. The fraction of sp³-hybridized carbons (Fsp3) is 0.357. The molecule has 0 radical (unpaired) electrons. The zero-order valence-corrected chi connectivity index (χ0v) is 11.4. The summed E-state index contributed by atoms with van der Waals surface area (Å²) in [6, 6.07) is 7.71. The topological polar surface area (TPSA) is 65.1 Å². The zero-order valence-electron chi connectivity index (χ0n) is 11.4. The lowest BCUT2D eigenvalue weighted by Crippen LogP contribution is -2.06. The number of nitrogens with zero attached hydrogens (tertiary/aromatic N) is 2. The first-order valence-corrected chi connectivity index (χ1v) is 6.43. The number of benzene rings is 1. The number of aromatic nitrogens is 2. The molecule has 0 spiro atoms. The largest absolute Gasteiger partial charge is 0.494 e. The van der Waals surface area contributed by atoms with E-state index in [1.807, 2.05) is 49.1 Å². The van der Waals surface area contributed by atoms with Crippen LogP contribution < -0.4 is 15.8 Å². The lowest BCUT2D eigenvalue weighted by molar-refractivity contribution is 0.340. The highest BCUT2D eigenvalue weighted by molar-refractivity contribution is 5.59. The van der Waals surface area contributed by atoms with Crippen LogP contribution >= 0.6 is 0 Å². The number of anilines is 2. The molecule has 0 atom stereocenters. The van der Waals surface area contributed by atoms with Crippen LogP contribution in [0.15, 0.2) is 30.5 Å².